The van der Waals surface area contributed by atoms with Crippen LogP contribution in [-0.2, 0) is 4.79 Å². The first kappa shape index (κ1) is 21.6. The van der Waals surface area contributed by atoms with Crippen molar-refractivity contribution in [2.75, 3.05) is 13.7 Å². The summed E-state index contributed by atoms with van der Waals surface area (Å²) in [5.41, 5.74) is 1.76. The first-order valence-corrected chi connectivity index (χ1v) is 11.2. The summed E-state index contributed by atoms with van der Waals surface area (Å²) in [6.45, 7) is 0.630. The standard InChI is InChI=1S/C25H30FNO4/c1-30-24-12-22(23(26)14-27-24)18-7-5-16(6-8-18)15-31-20-4-2-3-19(11-20)21(13-25(28)29)17-9-10-17/h2-4,11-12,14,16-18,21H,5-10,13,15H2,1H3,(H,28,29)/t16?,18?,21-/m0/s1. The number of hydrogen-bond donors (Lipinski definition) is 1. The van der Waals surface area contributed by atoms with Crippen molar-refractivity contribution in [1.82, 2.24) is 4.98 Å². The van der Waals surface area contributed by atoms with Crippen LogP contribution < -0.4 is 9.47 Å². The molecule has 6 heteroatoms. The number of carbonyl (C=O) groups is 1. The highest BCUT2D eigenvalue weighted by molar-refractivity contribution is 5.68. The molecule has 166 valence electrons. The number of carboxylic acids is 1. The number of halogens is 1. The summed E-state index contributed by atoms with van der Waals surface area (Å²) in [5, 5.41) is 9.25. The Kier molecular flexibility index (Phi) is 6.73. The zero-order valence-corrected chi connectivity index (χ0v) is 17.9. The minimum Gasteiger partial charge on any atom is -0.493 e. The number of nitrogens with zero attached hydrogens (tertiary/aromatic N) is 1. The lowest BCUT2D eigenvalue weighted by Gasteiger charge is -2.29. The Morgan fingerprint density at radius 2 is 1.97 bits per heavy atom. The zero-order chi connectivity index (χ0) is 21.8. The van der Waals surface area contributed by atoms with E-state index in [9.17, 15) is 14.3 Å². The molecule has 31 heavy (non-hydrogen) atoms. The van der Waals surface area contributed by atoms with Gasteiger partial charge >= 0.3 is 5.97 Å². The molecule has 0 saturated heterocycles. The van der Waals surface area contributed by atoms with Crippen molar-refractivity contribution in [3.63, 3.8) is 0 Å². The zero-order valence-electron chi connectivity index (χ0n) is 17.9. The molecule has 0 unspecified atom stereocenters. The summed E-state index contributed by atoms with van der Waals surface area (Å²) in [6.07, 6.45) is 7.44. The fraction of sp³-hybridized carbons (Fsp3) is 0.520. The van der Waals surface area contributed by atoms with Crippen LogP contribution in [0.25, 0.3) is 0 Å². The van der Waals surface area contributed by atoms with E-state index in [0.717, 1.165) is 49.8 Å². The molecule has 1 atom stereocenters. The van der Waals surface area contributed by atoms with Gasteiger partial charge < -0.3 is 14.6 Å². The Balaban J connectivity index is 1.31. The fourth-order valence-electron chi connectivity index (χ4n) is 4.79. The molecule has 1 aromatic heterocycles. The molecule has 5 nitrogen and oxygen atoms in total. The second-order valence-electron chi connectivity index (χ2n) is 8.89. The minimum atomic E-state index is -0.747. The predicted molar refractivity (Wildman–Crippen MR) is 115 cm³/mol. The van der Waals surface area contributed by atoms with E-state index in [-0.39, 0.29) is 24.1 Å². The van der Waals surface area contributed by atoms with E-state index in [1.807, 2.05) is 24.3 Å². The van der Waals surface area contributed by atoms with E-state index in [2.05, 4.69) is 4.98 Å². The van der Waals surface area contributed by atoms with Crippen LogP contribution in [0.15, 0.2) is 36.5 Å². The smallest absolute Gasteiger partial charge is 0.303 e. The quantitative estimate of drug-likeness (QED) is 0.568. The second-order valence-corrected chi connectivity index (χ2v) is 8.89. The Morgan fingerprint density at radius 1 is 1.19 bits per heavy atom. The summed E-state index contributed by atoms with van der Waals surface area (Å²) in [4.78, 5) is 15.2. The van der Waals surface area contributed by atoms with Crippen LogP contribution in [-0.4, -0.2) is 29.8 Å². The van der Waals surface area contributed by atoms with Crippen LogP contribution in [0.3, 0.4) is 0 Å². The number of ether oxygens (including phenoxy) is 2. The van der Waals surface area contributed by atoms with Crippen molar-refractivity contribution in [3.05, 3.63) is 53.5 Å². The van der Waals surface area contributed by atoms with Gasteiger partial charge in [-0.15, -0.1) is 0 Å². The van der Waals surface area contributed by atoms with Crippen molar-refractivity contribution >= 4 is 5.97 Å². The van der Waals surface area contributed by atoms with Crippen LogP contribution in [0.2, 0.25) is 0 Å². The Labute approximate surface area is 182 Å². The summed E-state index contributed by atoms with van der Waals surface area (Å²) in [7, 11) is 1.54. The van der Waals surface area contributed by atoms with Gasteiger partial charge in [-0.1, -0.05) is 12.1 Å². The van der Waals surface area contributed by atoms with E-state index >= 15 is 0 Å². The normalized spacial score (nSPS) is 22.0. The maximum absolute atomic E-state index is 14.2. The molecule has 4 rings (SSSR count). The largest absolute Gasteiger partial charge is 0.493 e. The number of carboxylic acid groups (broad SMARTS) is 1. The van der Waals surface area contributed by atoms with Crippen LogP contribution >= 0.6 is 0 Å². The molecule has 2 aliphatic rings. The number of rotatable bonds is 9. The number of methoxy groups -OCH3 is 1. The average molecular weight is 428 g/mol. The summed E-state index contributed by atoms with van der Waals surface area (Å²) in [6, 6.07) is 9.64. The van der Waals surface area contributed by atoms with Crippen molar-refractivity contribution in [2.45, 2.75) is 56.8 Å². The van der Waals surface area contributed by atoms with E-state index in [4.69, 9.17) is 9.47 Å². The molecule has 2 saturated carbocycles. The van der Waals surface area contributed by atoms with Crippen molar-refractivity contribution in [1.29, 1.82) is 0 Å². The molecule has 0 aliphatic heterocycles. The highest BCUT2D eigenvalue weighted by atomic mass is 19.1. The third-order valence-electron chi connectivity index (χ3n) is 6.71. The number of pyridine rings is 1. The Hall–Kier alpha value is -2.63. The highest BCUT2D eigenvalue weighted by Crippen LogP contribution is 2.45. The molecule has 1 N–H and O–H groups in total. The van der Waals surface area contributed by atoms with Gasteiger partial charge in [-0.2, -0.15) is 0 Å². The van der Waals surface area contributed by atoms with Gasteiger partial charge in [0.1, 0.15) is 11.6 Å². The number of hydrogen-bond acceptors (Lipinski definition) is 4. The van der Waals surface area contributed by atoms with Gasteiger partial charge in [-0.25, -0.2) is 9.37 Å². The topological polar surface area (TPSA) is 68.7 Å². The maximum atomic E-state index is 14.2. The maximum Gasteiger partial charge on any atom is 0.303 e. The van der Waals surface area contributed by atoms with Crippen molar-refractivity contribution in [3.8, 4) is 11.6 Å². The second kappa shape index (κ2) is 9.67. The first-order chi connectivity index (χ1) is 15.0. The monoisotopic (exact) mass is 427 g/mol. The lowest BCUT2D eigenvalue weighted by atomic mass is 9.79. The first-order valence-electron chi connectivity index (χ1n) is 11.2. The number of aromatic nitrogens is 1. The average Bonchev–Trinajstić information content (AvgIpc) is 3.62. The fourth-order valence-corrected chi connectivity index (χ4v) is 4.79. The van der Waals surface area contributed by atoms with Crippen LogP contribution in [0, 0.1) is 17.7 Å². The van der Waals surface area contributed by atoms with Crippen LogP contribution in [0.1, 0.15) is 67.9 Å². The predicted octanol–water partition coefficient (Wildman–Crippen LogP) is 5.55. The van der Waals surface area contributed by atoms with Crippen molar-refractivity contribution in [2.24, 2.45) is 11.8 Å². The van der Waals surface area contributed by atoms with Gasteiger partial charge in [0.15, 0.2) is 0 Å². The molecule has 0 amide bonds. The number of aliphatic carboxylic acids is 1. The Bertz CT molecular complexity index is 906. The highest BCUT2D eigenvalue weighted by Gasteiger charge is 2.34. The van der Waals surface area contributed by atoms with E-state index < -0.39 is 5.97 Å². The van der Waals surface area contributed by atoms with Gasteiger partial charge in [0, 0.05) is 6.07 Å². The molecule has 0 spiro atoms. The van der Waals surface area contributed by atoms with Gasteiger partial charge in [0.2, 0.25) is 5.88 Å². The Morgan fingerprint density at radius 3 is 2.65 bits per heavy atom. The van der Waals surface area contributed by atoms with Gasteiger partial charge in [-0.05, 0) is 85.5 Å². The molecule has 2 aliphatic carbocycles. The molecule has 1 heterocycles. The lowest BCUT2D eigenvalue weighted by Crippen LogP contribution is -2.20. The third kappa shape index (κ3) is 5.54. The molecule has 1 aromatic carbocycles. The molecule has 0 radical (unpaired) electrons. The van der Waals surface area contributed by atoms with Gasteiger partial charge in [0.25, 0.3) is 0 Å². The van der Waals surface area contributed by atoms with Gasteiger partial charge in [-0.3, -0.25) is 4.79 Å². The molecular formula is C25H30FNO4. The number of benzene rings is 1. The SMILES string of the molecule is COc1cc(C2CCC(COc3cccc([C@@H](CC(=O)O)C4CC4)c3)CC2)c(F)cn1. The van der Waals surface area contributed by atoms with E-state index in [1.54, 1.807) is 13.2 Å². The summed E-state index contributed by atoms with van der Waals surface area (Å²) >= 11 is 0. The van der Waals surface area contributed by atoms with Crippen molar-refractivity contribution < 1.29 is 23.8 Å². The lowest BCUT2D eigenvalue weighted by molar-refractivity contribution is -0.137. The third-order valence-corrected chi connectivity index (χ3v) is 6.71. The summed E-state index contributed by atoms with van der Waals surface area (Å²) in [5.74, 6) is 1.43. The molecule has 2 aromatic rings. The summed E-state index contributed by atoms with van der Waals surface area (Å²) < 4.78 is 25.5. The molecule has 0 bridgehead atoms. The van der Waals surface area contributed by atoms with E-state index in [1.165, 1.54) is 6.20 Å². The van der Waals surface area contributed by atoms with Crippen LogP contribution in [0.4, 0.5) is 4.39 Å². The van der Waals surface area contributed by atoms with Crippen LogP contribution in [0.5, 0.6) is 11.6 Å². The van der Waals surface area contributed by atoms with E-state index in [0.29, 0.717) is 29.9 Å². The van der Waals surface area contributed by atoms with Gasteiger partial charge in [0.05, 0.1) is 26.3 Å². The molecular weight excluding hydrogens is 397 g/mol. The minimum absolute atomic E-state index is 0.0729. The molecule has 2 fully saturated rings.